The molecule has 7 heteroatoms. The zero-order valence-electron chi connectivity index (χ0n) is 9.98. The van der Waals surface area contributed by atoms with Gasteiger partial charge in [0.15, 0.2) is 0 Å². The van der Waals surface area contributed by atoms with Crippen molar-refractivity contribution in [2.45, 2.75) is 6.42 Å². The summed E-state index contributed by atoms with van der Waals surface area (Å²) in [5.41, 5.74) is 6.95. The Morgan fingerprint density at radius 1 is 1.33 bits per heavy atom. The molecule has 0 spiro atoms. The summed E-state index contributed by atoms with van der Waals surface area (Å²) in [6, 6.07) is 7.53. The molecule has 3 N–H and O–H groups in total. The summed E-state index contributed by atoms with van der Waals surface area (Å²) >= 11 is 0. The SMILES string of the molecule is CN(CC/C(N)=N/O)c1nnc2ccccc2n1. The summed E-state index contributed by atoms with van der Waals surface area (Å²) in [4.78, 5) is 6.19. The first-order valence-electron chi connectivity index (χ1n) is 5.47. The number of hydrogen-bond acceptors (Lipinski definition) is 6. The van der Waals surface area contributed by atoms with Gasteiger partial charge < -0.3 is 15.8 Å². The van der Waals surface area contributed by atoms with Crippen LogP contribution >= 0.6 is 0 Å². The Morgan fingerprint density at radius 2 is 2.06 bits per heavy atom. The van der Waals surface area contributed by atoms with Gasteiger partial charge >= 0.3 is 0 Å². The van der Waals surface area contributed by atoms with Gasteiger partial charge in [-0.05, 0) is 12.1 Å². The number of nitrogens with zero attached hydrogens (tertiary/aromatic N) is 5. The normalized spacial score (nSPS) is 11.7. The molecule has 18 heavy (non-hydrogen) atoms. The van der Waals surface area contributed by atoms with Crippen molar-refractivity contribution in [1.82, 2.24) is 15.2 Å². The van der Waals surface area contributed by atoms with Crippen LogP contribution in [0.4, 0.5) is 5.95 Å². The number of anilines is 1. The third-order valence-electron chi connectivity index (χ3n) is 2.52. The van der Waals surface area contributed by atoms with E-state index in [1.165, 1.54) is 0 Å². The lowest BCUT2D eigenvalue weighted by molar-refractivity contribution is 0.317. The van der Waals surface area contributed by atoms with Crippen molar-refractivity contribution in [2.24, 2.45) is 10.9 Å². The molecule has 0 radical (unpaired) electrons. The van der Waals surface area contributed by atoms with Crippen LogP contribution in [0.25, 0.3) is 11.0 Å². The summed E-state index contributed by atoms with van der Waals surface area (Å²) in [6.07, 6.45) is 0.434. The zero-order chi connectivity index (χ0) is 13.0. The van der Waals surface area contributed by atoms with E-state index in [1.807, 2.05) is 31.3 Å². The van der Waals surface area contributed by atoms with Gasteiger partial charge in [-0.1, -0.05) is 17.3 Å². The molecule has 0 aliphatic rings. The molecule has 1 heterocycles. The molecule has 2 aromatic rings. The molecule has 0 fully saturated rings. The summed E-state index contributed by atoms with van der Waals surface area (Å²) in [7, 11) is 1.83. The van der Waals surface area contributed by atoms with E-state index in [-0.39, 0.29) is 5.84 Å². The van der Waals surface area contributed by atoms with Gasteiger partial charge in [-0.3, -0.25) is 0 Å². The highest BCUT2D eigenvalue weighted by atomic mass is 16.4. The number of nitrogens with two attached hydrogens (primary N) is 1. The lowest BCUT2D eigenvalue weighted by atomic mass is 10.3. The minimum atomic E-state index is 0.176. The molecular weight excluding hydrogens is 232 g/mol. The first-order valence-corrected chi connectivity index (χ1v) is 5.47. The van der Waals surface area contributed by atoms with E-state index in [9.17, 15) is 0 Å². The summed E-state index contributed by atoms with van der Waals surface area (Å²) in [6.45, 7) is 0.552. The van der Waals surface area contributed by atoms with Crippen molar-refractivity contribution >= 4 is 22.8 Å². The van der Waals surface area contributed by atoms with Crippen molar-refractivity contribution in [3.05, 3.63) is 24.3 Å². The van der Waals surface area contributed by atoms with E-state index in [0.29, 0.717) is 18.9 Å². The molecule has 7 nitrogen and oxygen atoms in total. The number of benzene rings is 1. The molecule has 0 saturated carbocycles. The molecule has 0 aliphatic heterocycles. The van der Waals surface area contributed by atoms with Crippen molar-refractivity contribution in [3.8, 4) is 0 Å². The molecule has 0 aliphatic carbocycles. The van der Waals surface area contributed by atoms with Crippen LogP contribution in [-0.2, 0) is 0 Å². The van der Waals surface area contributed by atoms with Crippen LogP contribution in [0, 0.1) is 0 Å². The molecule has 94 valence electrons. The lowest BCUT2D eigenvalue weighted by Crippen LogP contribution is -2.26. The Hall–Kier alpha value is -2.44. The Bertz CT molecular complexity index is 570. The second kappa shape index (κ2) is 5.26. The average molecular weight is 246 g/mol. The average Bonchev–Trinajstić information content (AvgIpc) is 2.43. The number of hydrogen-bond donors (Lipinski definition) is 2. The molecule has 0 bridgehead atoms. The highest BCUT2D eigenvalue weighted by Gasteiger charge is 2.07. The number of fused-ring (bicyclic) bond motifs is 1. The van der Waals surface area contributed by atoms with Gasteiger partial charge in [0, 0.05) is 20.0 Å². The largest absolute Gasteiger partial charge is 0.409 e. The zero-order valence-corrected chi connectivity index (χ0v) is 9.98. The number of oxime groups is 1. The lowest BCUT2D eigenvalue weighted by Gasteiger charge is -2.15. The van der Waals surface area contributed by atoms with Gasteiger partial charge in [0.05, 0.1) is 5.52 Å². The van der Waals surface area contributed by atoms with E-state index in [4.69, 9.17) is 10.9 Å². The Balaban J connectivity index is 2.15. The number of rotatable bonds is 4. The van der Waals surface area contributed by atoms with E-state index < -0.39 is 0 Å². The first-order chi connectivity index (χ1) is 8.70. The summed E-state index contributed by atoms with van der Waals surface area (Å²) < 4.78 is 0. The highest BCUT2D eigenvalue weighted by molar-refractivity contribution is 5.80. The van der Waals surface area contributed by atoms with E-state index in [0.717, 1.165) is 11.0 Å². The molecular formula is C11H14N6O. The standard InChI is InChI=1S/C11H14N6O/c1-17(7-6-10(12)16-18)11-13-8-4-2-3-5-9(8)14-15-11/h2-5,18H,6-7H2,1H3,(H2,12,16). The van der Waals surface area contributed by atoms with Gasteiger partial charge in [0.25, 0.3) is 0 Å². The number of aromatic nitrogens is 3. The smallest absolute Gasteiger partial charge is 0.245 e. The molecule has 0 unspecified atom stereocenters. The highest BCUT2D eigenvalue weighted by Crippen LogP contribution is 2.11. The third-order valence-corrected chi connectivity index (χ3v) is 2.52. The Kier molecular flexibility index (Phi) is 3.52. The van der Waals surface area contributed by atoms with Crippen LogP contribution in [0.2, 0.25) is 0 Å². The fourth-order valence-electron chi connectivity index (χ4n) is 1.47. The minimum Gasteiger partial charge on any atom is -0.409 e. The fourth-order valence-corrected chi connectivity index (χ4v) is 1.47. The number of para-hydroxylation sites is 1. The van der Waals surface area contributed by atoms with Crippen LogP contribution in [0.5, 0.6) is 0 Å². The maximum Gasteiger partial charge on any atom is 0.245 e. The van der Waals surface area contributed by atoms with Gasteiger partial charge in [0.2, 0.25) is 5.95 Å². The monoisotopic (exact) mass is 246 g/mol. The van der Waals surface area contributed by atoms with Gasteiger partial charge in [-0.2, -0.15) is 0 Å². The van der Waals surface area contributed by atoms with Gasteiger partial charge in [0.1, 0.15) is 11.4 Å². The van der Waals surface area contributed by atoms with Crippen LogP contribution in [-0.4, -0.2) is 39.8 Å². The quantitative estimate of drug-likeness (QED) is 0.354. The van der Waals surface area contributed by atoms with Crippen molar-refractivity contribution in [3.63, 3.8) is 0 Å². The molecule has 0 amide bonds. The molecule has 0 atom stereocenters. The van der Waals surface area contributed by atoms with Crippen LogP contribution in [0.15, 0.2) is 29.4 Å². The van der Waals surface area contributed by atoms with Gasteiger partial charge in [-0.25, -0.2) is 4.98 Å². The maximum absolute atomic E-state index is 8.46. The van der Waals surface area contributed by atoms with E-state index in [2.05, 4.69) is 20.3 Å². The molecule has 2 rings (SSSR count). The first kappa shape index (κ1) is 12.0. The Morgan fingerprint density at radius 3 is 2.78 bits per heavy atom. The van der Waals surface area contributed by atoms with Crippen molar-refractivity contribution in [1.29, 1.82) is 0 Å². The second-order valence-corrected chi connectivity index (χ2v) is 3.86. The second-order valence-electron chi connectivity index (χ2n) is 3.86. The van der Waals surface area contributed by atoms with Crippen LogP contribution in [0.1, 0.15) is 6.42 Å². The van der Waals surface area contributed by atoms with Gasteiger partial charge in [-0.15, -0.1) is 10.2 Å². The van der Waals surface area contributed by atoms with E-state index >= 15 is 0 Å². The maximum atomic E-state index is 8.46. The predicted molar refractivity (Wildman–Crippen MR) is 68.6 cm³/mol. The minimum absolute atomic E-state index is 0.176. The topological polar surface area (TPSA) is 101 Å². The summed E-state index contributed by atoms with van der Waals surface area (Å²) in [5.74, 6) is 0.690. The predicted octanol–water partition coefficient (Wildman–Crippen LogP) is 0.597. The Labute approximate surface area is 104 Å². The van der Waals surface area contributed by atoms with Crippen molar-refractivity contribution in [2.75, 3.05) is 18.5 Å². The van der Waals surface area contributed by atoms with Crippen LogP contribution in [0.3, 0.4) is 0 Å². The van der Waals surface area contributed by atoms with Crippen LogP contribution < -0.4 is 10.6 Å². The molecule has 1 aromatic carbocycles. The molecule has 1 aromatic heterocycles. The molecule has 0 saturated heterocycles. The van der Waals surface area contributed by atoms with E-state index in [1.54, 1.807) is 4.90 Å². The van der Waals surface area contributed by atoms with Crippen molar-refractivity contribution < 1.29 is 5.21 Å². The third kappa shape index (κ3) is 2.62. The number of amidine groups is 1. The summed E-state index contributed by atoms with van der Waals surface area (Å²) in [5, 5.41) is 19.5. The fraction of sp³-hybridized carbons (Fsp3) is 0.273.